The second-order valence-electron chi connectivity index (χ2n) is 4.45. The van der Waals surface area contributed by atoms with Gasteiger partial charge in [0.25, 0.3) is 0 Å². The summed E-state index contributed by atoms with van der Waals surface area (Å²) in [7, 11) is 0. The van der Waals surface area contributed by atoms with Gasteiger partial charge in [-0.1, -0.05) is 36.7 Å². The Morgan fingerprint density at radius 2 is 2.00 bits per heavy atom. The molecule has 0 saturated carbocycles. The van der Waals surface area contributed by atoms with Crippen LogP contribution in [0, 0.1) is 0 Å². The average molecular weight is 272 g/mol. The van der Waals surface area contributed by atoms with Crippen LogP contribution in [0.5, 0.6) is 0 Å². The predicted molar refractivity (Wildman–Crippen MR) is 77.5 cm³/mol. The number of para-hydroxylation sites is 2. The maximum Gasteiger partial charge on any atom is 0.129 e. The van der Waals surface area contributed by atoms with Gasteiger partial charge in [-0.2, -0.15) is 0 Å². The molecule has 0 unspecified atom stereocenters. The van der Waals surface area contributed by atoms with E-state index < -0.39 is 0 Å². The minimum Gasteiger partial charge on any atom is -0.323 e. The minimum absolute atomic E-state index is 0.523. The van der Waals surface area contributed by atoms with Crippen molar-refractivity contribution in [3.8, 4) is 0 Å². The highest BCUT2D eigenvalue weighted by molar-refractivity contribution is 6.29. The number of hydrogen-bond acceptors (Lipinski definition) is 2. The molecule has 0 aliphatic rings. The molecule has 1 aromatic carbocycles. The van der Waals surface area contributed by atoms with Crippen molar-refractivity contribution >= 4 is 22.6 Å². The van der Waals surface area contributed by atoms with Crippen LogP contribution in [-0.4, -0.2) is 14.5 Å². The van der Waals surface area contributed by atoms with Crippen molar-refractivity contribution in [3.63, 3.8) is 0 Å². The van der Waals surface area contributed by atoms with E-state index in [0.29, 0.717) is 5.15 Å². The third-order valence-corrected chi connectivity index (χ3v) is 3.40. The summed E-state index contributed by atoms with van der Waals surface area (Å²) in [4.78, 5) is 8.79. The Morgan fingerprint density at radius 1 is 1.16 bits per heavy atom. The first-order valence-electron chi connectivity index (χ1n) is 6.32. The van der Waals surface area contributed by atoms with Gasteiger partial charge in [0.15, 0.2) is 0 Å². The van der Waals surface area contributed by atoms with Crippen molar-refractivity contribution in [1.29, 1.82) is 0 Å². The molecular formula is C15H14ClN3. The van der Waals surface area contributed by atoms with Crippen molar-refractivity contribution in [3.05, 3.63) is 59.1 Å². The van der Waals surface area contributed by atoms with Gasteiger partial charge in [0.05, 0.1) is 17.6 Å². The number of fused-ring (bicyclic) bond motifs is 1. The van der Waals surface area contributed by atoms with Gasteiger partial charge < -0.3 is 4.57 Å². The molecule has 0 radical (unpaired) electrons. The Morgan fingerprint density at radius 3 is 2.74 bits per heavy atom. The number of nitrogens with zero attached hydrogens (tertiary/aromatic N) is 3. The van der Waals surface area contributed by atoms with Gasteiger partial charge in [-0.05, 0) is 23.8 Å². The van der Waals surface area contributed by atoms with Crippen LogP contribution in [0.3, 0.4) is 0 Å². The summed E-state index contributed by atoms with van der Waals surface area (Å²) in [6.07, 6.45) is 2.73. The van der Waals surface area contributed by atoms with E-state index in [0.717, 1.165) is 35.4 Å². The van der Waals surface area contributed by atoms with E-state index in [1.54, 1.807) is 0 Å². The second kappa shape index (κ2) is 5.02. The van der Waals surface area contributed by atoms with Crippen LogP contribution in [0.4, 0.5) is 0 Å². The number of imidazole rings is 1. The van der Waals surface area contributed by atoms with Crippen molar-refractivity contribution in [2.45, 2.75) is 19.9 Å². The summed E-state index contributed by atoms with van der Waals surface area (Å²) in [5.74, 6) is 1.09. The molecule has 2 aromatic heterocycles. The Labute approximate surface area is 116 Å². The molecule has 0 amide bonds. The van der Waals surface area contributed by atoms with Gasteiger partial charge in [0, 0.05) is 12.6 Å². The van der Waals surface area contributed by atoms with Crippen LogP contribution in [0.15, 0.2) is 42.6 Å². The van der Waals surface area contributed by atoms with E-state index in [9.17, 15) is 0 Å². The van der Waals surface area contributed by atoms with Gasteiger partial charge in [-0.3, -0.25) is 0 Å². The fraction of sp³-hybridized carbons (Fsp3) is 0.200. The number of rotatable bonds is 3. The molecule has 3 nitrogen and oxygen atoms in total. The monoisotopic (exact) mass is 271 g/mol. The quantitative estimate of drug-likeness (QED) is 0.680. The van der Waals surface area contributed by atoms with Gasteiger partial charge in [-0.15, -0.1) is 0 Å². The lowest BCUT2D eigenvalue weighted by Crippen LogP contribution is -2.04. The van der Waals surface area contributed by atoms with E-state index >= 15 is 0 Å². The summed E-state index contributed by atoms with van der Waals surface area (Å²) in [5, 5.41) is 0.523. The van der Waals surface area contributed by atoms with Crippen molar-refractivity contribution in [2.75, 3.05) is 0 Å². The van der Waals surface area contributed by atoms with E-state index in [1.807, 2.05) is 36.5 Å². The molecule has 2 heterocycles. The molecule has 0 fully saturated rings. The molecule has 0 saturated heterocycles. The van der Waals surface area contributed by atoms with E-state index in [1.165, 1.54) is 0 Å². The van der Waals surface area contributed by atoms with Crippen LogP contribution in [0.1, 0.15) is 18.3 Å². The maximum absolute atomic E-state index is 5.82. The van der Waals surface area contributed by atoms with Crippen LogP contribution in [0.2, 0.25) is 5.15 Å². The number of benzene rings is 1. The molecule has 0 N–H and O–H groups in total. The zero-order valence-corrected chi connectivity index (χ0v) is 11.4. The van der Waals surface area contributed by atoms with Gasteiger partial charge in [0.2, 0.25) is 0 Å². The fourth-order valence-electron chi connectivity index (χ4n) is 2.25. The summed E-state index contributed by atoms with van der Waals surface area (Å²) in [5.41, 5.74) is 3.33. The molecular weight excluding hydrogens is 258 g/mol. The Hall–Kier alpha value is -1.87. The highest BCUT2D eigenvalue weighted by Gasteiger charge is 2.09. The third-order valence-electron chi connectivity index (χ3n) is 3.18. The summed E-state index contributed by atoms with van der Waals surface area (Å²) < 4.78 is 2.24. The summed E-state index contributed by atoms with van der Waals surface area (Å²) >= 11 is 5.82. The largest absolute Gasteiger partial charge is 0.323 e. The standard InChI is InChI=1S/C15H14ClN3/c1-2-15-18-12-5-3-4-6-13(12)19(15)10-11-7-8-14(16)17-9-11/h3-9H,2,10H2,1H3. The first-order chi connectivity index (χ1) is 9.28. The van der Waals surface area contributed by atoms with Crippen LogP contribution in [-0.2, 0) is 13.0 Å². The molecule has 0 bridgehead atoms. The minimum atomic E-state index is 0.523. The summed E-state index contributed by atoms with van der Waals surface area (Å²) in [6, 6.07) is 12.0. The first kappa shape index (κ1) is 12.2. The summed E-state index contributed by atoms with van der Waals surface area (Å²) in [6.45, 7) is 2.89. The Kier molecular flexibility index (Phi) is 3.22. The van der Waals surface area contributed by atoms with Crippen LogP contribution < -0.4 is 0 Å². The fourth-order valence-corrected chi connectivity index (χ4v) is 2.37. The predicted octanol–water partition coefficient (Wildman–Crippen LogP) is 3.70. The van der Waals surface area contributed by atoms with Crippen molar-refractivity contribution in [1.82, 2.24) is 14.5 Å². The maximum atomic E-state index is 5.82. The van der Waals surface area contributed by atoms with Gasteiger partial charge in [-0.25, -0.2) is 9.97 Å². The normalized spacial score (nSPS) is 11.1. The van der Waals surface area contributed by atoms with Crippen molar-refractivity contribution < 1.29 is 0 Å². The lowest BCUT2D eigenvalue weighted by molar-refractivity contribution is 0.750. The number of hydrogen-bond donors (Lipinski definition) is 0. The van der Waals surface area contributed by atoms with Crippen LogP contribution in [0.25, 0.3) is 11.0 Å². The topological polar surface area (TPSA) is 30.7 Å². The molecule has 19 heavy (non-hydrogen) atoms. The van der Waals surface area contributed by atoms with E-state index in [4.69, 9.17) is 11.6 Å². The third kappa shape index (κ3) is 2.34. The number of aromatic nitrogens is 3. The number of aryl methyl sites for hydroxylation is 1. The molecule has 0 aliphatic carbocycles. The highest BCUT2D eigenvalue weighted by atomic mass is 35.5. The Balaban J connectivity index is 2.06. The second-order valence-corrected chi connectivity index (χ2v) is 4.83. The average Bonchev–Trinajstić information content (AvgIpc) is 2.79. The van der Waals surface area contributed by atoms with Gasteiger partial charge >= 0.3 is 0 Å². The molecule has 3 rings (SSSR count). The van der Waals surface area contributed by atoms with Crippen molar-refractivity contribution in [2.24, 2.45) is 0 Å². The smallest absolute Gasteiger partial charge is 0.129 e. The first-order valence-corrected chi connectivity index (χ1v) is 6.70. The SMILES string of the molecule is CCc1nc2ccccc2n1Cc1ccc(Cl)nc1. The highest BCUT2D eigenvalue weighted by Crippen LogP contribution is 2.18. The molecule has 0 aliphatic heterocycles. The molecule has 0 atom stereocenters. The molecule has 3 aromatic rings. The number of halogens is 1. The zero-order chi connectivity index (χ0) is 13.2. The zero-order valence-electron chi connectivity index (χ0n) is 10.7. The lowest BCUT2D eigenvalue weighted by atomic mass is 10.2. The number of pyridine rings is 1. The molecule has 96 valence electrons. The van der Waals surface area contributed by atoms with Crippen LogP contribution >= 0.6 is 11.6 Å². The van der Waals surface area contributed by atoms with Gasteiger partial charge in [0.1, 0.15) is 11.0 Å². The molecule has 0 spiro atoms. The van der Waals surface area contributed by atoms with E-state index in [-0.39, 0.29) is 0 Å². The molecule has 4 heteroatoms. The van der Waals surface area contributed by atoms with E-state index in [2.05, 4.69) is 27.5 Å². The lowest BCUT2D eigenvalue weighted by Gasteiger charge is -2.08. The Bertz CT molecular complexity index is 701.